The van der Waals surface area contributed by atoms with E-state index in [9.17, 15) is 9.18 Å². The Labute approximate surface area is 195 Å². The van der Waals surface area contributed by atoms with Crippen LogP contribution in [0.2, 0.25) is 0 Å². The Balaban J connectivity index is 0.000000186. The van der Waals surface area contributed by atoms with Crippen LogP contribution in [0.25, 0.3) is 5.65 Å². The molecule has 3 N–H and O–H groups in total. The van der Waals surface area contributed by atoms with Crippen molar-refractivity contribution in [3.63, 3.8) is 0 Å². The second-order valence-electron chi connectivity index (χ2n) is 8.62. The van der Waals surface area contributed by atoms with E-state index < -0.39 is 6.17 Å². The Morgan fingerprint density at radius 1 is 1.24 bits per heavy atom. The molecule has 0 radical (unpaired) electrons. The summed E-state index contributed by atoms with van der Waals surface area (Å²) in [5.74, 6) is 0.945. The molecule has 0 aromatic carbocycles. The van der Waals surface area contributed by atoms with E-state index in [4.69, 9.17) is 5.73 Å². The van der Waals surface area contributed by atoms with Crippen molar-refractivity contribution in [2.45, 2.75) is 70.5 Å². The lowest BCUT2D eigenvalue weighted by Crippen LogP contribution is -2.30. The largest absolute Gasteiger partial charge is 0.398 e. The SMILES string of the molecule is CN/C(C=NC1CCCCC1)=C(/N)C(C)F.O=Cc1cnn2ccc(N3CCCCC3)nc12. The minimum Gasteiger partial charge on any atom is -0.398 e. The standard InChI is InChI=1S/C12H22FN3.C12H14N4O/c1-9(13)12(14)11(15-2)8-16-10-6-4-3-5-7-10;17-9-10-8-13-16-7-4-11(14-12(10)16)15-5-2-1-3-6-15/h8-10,15H,3-7,14H2,1-2H3;4,7-9H,1-3,5-6H2/b12-11+,16-8?;. The average Bonchev–Trinajstić information content (AvgIpc) is 3.28. The van der Waals surface area contributed by atoms with Gasteiger partial charge in [0, 0.05) is 32.5 Å². The first-order chi connectivity index (χ1) is 16.0. The molecule has 2 aliphatic rings. The van der Waals surface area contributed by atoms with Crippen LogP contribution in [0, 0.1) is 0 Å². The van der Waals surface area contributed by atoms with Gasteiger partial charge < -0.3 is 16.0 Å². The lowest BCUT2D eigenvalue weighted by atomic mass is 9.96. The summed E-state index contributed by atoms with van der Waals surface area (Å²) in [5.41, 5.74) is 7.65. The molecule has 0 spiro atoms. The molecular weight excluding hydrogens is 421 g/mol. The molecule has 1 saturated heterocycles. The number of alkyl halides is 1. The van der Waals surface area contributed by atoms with Crippen molar-refractivity contribution in [1.82, 2.24) is 19.9 Å². The molecule has 0 amide bonds. The van der Waals surface area contributed by atoms with Gasteiger partial charge in [-0.05, 0) is 45.1 Å². The summed E-state index contributed by atoms with van der Waals surface area (Å²) in [6.45, 7) is 3.53. The highest BCUT2D eigenvalue weighted by Gasteiger charge is 2.14. The highest BCUT2D eigenvalue weighted by Crippen LogP contribution is 2.20. The zero-order valence-electron chi connectivity index (χ0n) is 19.7. The third kappa shape index (κ3) is 6.76. The van der Waals surface area contributed by atoms with Crippen molar-refractivity contribution in [2.24, 2.45) is 10.7 Å². The van der Waals surface area contributed by atoms with Crippen LogP contribution in [0.15, 0.2) is 34.8 Å². The van der Waals surface area contributed by atoms with Crippen LogP contribution in [0.1, 0.15) is 68.6 Å². The number of piperidine rings is 1. The summed E-state index contributed by atoms with van der Waals surface area (Å²) in [5, 5.41) is 6.97. The minimum atomic E-state index is -1.14. The van der Waals surface area contributed by atoms with Crippen molar-refractivity contribution in [3.05, 3.63) is 35.4 Å². The summed E-state index contributed by atoms with van der Waals surface area (Å²) >= 11 is 0. The molecule has 8 nitrogen and oxygen atoms in total. The molecule has 0 bridgehead atoms. The maximum atomic E-state index is 13.0. The number of nitrogens with zero attached hydrogens (tertiary/aromatic N) is 5. The molecule has 2 aromatic rings. The topological polar surface area (TPSA) is 101 Å². The zero-order chi connectivity index (χ0) is 23.6. The molecule has 1 aliphatic carbocycles. The fourth-order valence-electron chi connectivity index (χ4n) is 4.17. The first-order valence-electron chi connectivity index (χ1n) is 11.9. The van der Waals surface area contributed by atoms with E-state index >= 15 is 0 Å². The van der Waals surface area contributed by atoms with Gasteiger partial charge >= 0.3 is 0 Å². The molecule has 2 aromatic heterocycles. The van der Waals surface area contributed by atoms with Crippen LogP contribution >= 0.6 is 0 Å². The maximum absolute atomic E-state index is 13.0. The number of hydrogen-bond donors (Lipinski definition) is 2. The molecule has 1 unspecified atom stereocenters. The van der Waals surface area contributed by atoms with E-state index in [0.717, 1.165) is 38.0 Å². The summed E-state index contributed by atoms with van der Waals surface area (Å²) in [4.78, 5) is 22.1. The number of nitrogens with one attached hydrogen (secondary N) is 1. The van der Waals surface area contributed by atoms with Gasteiger partial charge in [0.1, 0.15) is 12.0 Å². The van der Waals surface area contributed by atoms with E-state index in [0.29, 0.717) is 22.9 Å². The van der Waals surface area contributed by atoms with Gasteiger partial charge in [-0.15, -0.1) is 0 Å². The fourth-order valence-corrected chi connectivity index (χ4v) is 4.17. The second-order valence-corrected chi connectivity index (χ2v) is 8.62. The van der Waals surface area contributed by atoms with Crippen LogP contribution < -0.4 is 16.0 Å². The monoisotopic (exact) mass is 457 g/mol. The average molecular weight is 458 g/mol. The molecule has 3 heterocycles. The number of allylic oxidation sites excluding steroid dienone is 2. The summed E-state index contributed by atoms with van der Waals surface area (Å²) < 4.78 is 14.6. The van der Waals surface area contributed by atoms with Gasteiger partial charge in [-0.2, -0.15) is 5.10 Å². The quantitative estimate of drug-likeness (QED) is 0.507. The number of aliphatic imine (C=N–C) groups is 1. The summed E-state index contributed by atoms with van der Waals surface area (Å²) in [6, 6.07) is 2.35. The maximum Gasteiger partial charge on any atom is 0.167 e. The van der Waals surface area contributed by atoms with E-state index in [-0.39, 0.29) is 5.70 Å². The van der Waals surface area contributed by atoms with Gasteiger partial charge in [0.05, 0.1) is 29.2 Å². The number of fused-ring (bicyclic) bond motifs is 1. The first kappa shape index (κ1) is 24.7. The van der Waals surface area contributed by atoms with Gasteiger partial charge in [-0.1, -0.05) is 19.3 Å². The predicted octanol–water partition coefficient (Wildman–Crippen LogP) is 3.67. The van der Waals surface area contributed by atoms with Gasteiger partial charge in [-0.3, -0.25) is 9.79 Å². The normalized spacial score (nSPS) is 19.1. The van der Waals surface area contributed by atoms with Crippen molar-refractivity contribution in [2.75, 3.05) is 25.0 Å². The van der Waals surface area contributed by atoms with Gasteiger partial charge in [0.25, 0.3) is 0 Å². The lowest BCUT2D eigenvalue weighted by Gasteiger charge is -2.27. The number of aldehydes is 1. The number of aromatic nitrogens is 3. The van der Waals surface area contributed by atoms with Crippen LogP contribution in [-0.4, -0.2) is 59.4 Å². The number of anilines is 1. The van der Waals surface area contributed by atoms with E-state index in [1.54, 1.807) is 24.0 Å². The Morgan fingerprint density at radius 2 is 1.94 bits per heavy atom. The third-order valence-electron chi connectivity index (χ3n) is 6.19. The van der Waals surface area contributed by atoms with Crippen LogP contribution in [0.3, 0.4) is 0 Å². The number of rotatable bonds is 6. The number of carbonyl (C=O) groups is 1. The smallest absolute Gasteiger partial charge is 0.167 e. The van der Waals surface area contributed by atoms with Gasteiger partial charge in [0.15, 0.2) is 11.9 Å². The van der Waals surface area contributed by atoms with Crippen LogP contribution in [0.5, 0.6) is 0 Å². The molecule has 1 saturated carbocycles. The molecule has 1 atom stereocenters. The molecule has 1 aliphatic heterocycles. The Kier molecular flexibility index (Phi) is 9.21. The summed E-state index contributed by atoms with van der Waals surface area (Å²) in [7, 11) is 1.73. The van der Waals surface area contributed by atoms with Crippen molar-refractivity contribution in [1.29, 1.82) is 0 Å². The molecule has 180 valence electrons. The van der Waals surface area contributed by atoms with Crippen molar-refractivity contribution in [3.8, 4) is 0 Å². The Morgan fingerprint density at radius 3 is 2.58 bits per heavy atom. The van der Waals surface area contributed by atoms with Crippen molar-refractivity contribution >= 4 is 24.0 Å². The molecule has 9 heteroatoms. The number of hydrogen-bond acceptors (Lipinski definition) is 7. The van der Waals surface area contributed by atoms with Crippen LogP contribution in [-0.2, 0) is 0 Å². The first-order valence-corrected chi connectivity index (χ1v) is 11.9. The molecular formula is C24H36FN7O. The predicted molar refractivity (Wildman–Crippen MR) is 131 cm³/mol. The zero-order valence-corrected chi connectivity index (χ0v) is 19.7. The number of carbonyl (C=O) groups excluding carboxylic acids is 1. The van der Waals surface area contributed by atoms with E-state index in [1.807, 2.05) is 12.3 Å². The third-order valence-corrected chi connectivity index (χ3v) is 6.19. The Bertz CT molecular complexity index is 957. The summed E-state index contributed by atoms with van der Waals surface area (Å²) in [6.07, 6.45) is 14.6. The number of halogens is 1. The van der Waals surface area contributed by atoms with E-state index in [2.05, 4.69) is 25.3 Å². The number of nitrogens with two attached hydrogens (primary N) is 1. The minimum absolute atomic E-state index is 0.224. The molecule has 4 rings (SSSR count). The molecule has 33 heavy (non-hydrogen) atoms. The second kappa shape index (κ2) is 12.3. The van der Waals surface area contributed by atoms with Gasteiger partial charge in [0.2, 0.25) is 0 Å². The lowest BCUT2D eigenvalue weighted by molar-refractivity contribution is 0.112. The highest BCUT2D eigenvalue weighted by atomic mass is 19.1. The van der Waals surface area contributed by atoms with Crippen LogP contribution in [0.4, 0.5) is 10.2 Å². The fraction of sp³-hybridized carbons (Fsp3) is 0.583. The Hall–Kier alpha value is -2.97. The van der Waals surface area contributed by atoms with Crippen molar-refractivity contribution < 1.29 is 9.18 Å². The van der Waals surface area contributed by atoms with Gasteiger partial charge in [-0.25, -0.2) is 13.9 Å². The highest BCUT2D eigenvalue weighted by molar-refractivity contribution is 5.84. The molecule has 2 fully saturated rings. The van der Waals surface area contributed by atoms with E-state index in [1.165, 1.54) is 45.4 Å².